The molecule has 0 spiro atoms. The summed E-state index contributed by atoms with van der Waals surface area (Å²) in [6.45, 7) is 2.07. The normalized spacial score (nSPS) is 11.2. The summed E-state index contributed by atoms with van der Waals surface area (Å²) in [6, 6.07) is 18.8. The number of hydrogen-bond donors (Lipinski definition) is 1. The van der Waals surface area contributed by atoms with Crippen molar-refractivity contribution in [2.75, 3.05) is 7.11 Å². The van der Waals surface area contributed by atoms with Crippen molar-refractivity contribution in [2.45, 2.75) is 13.3 Å². The molecule has 0 unspecified atom stereocenters. The quantitative estimate of drug-likeness (QED) is 0.599. The van der Waals surface area contributed by atoms with Crippen LogP contribution in [0.1, 0.15) is 16.8 Å². The van der Waals surface area contributed by atoms with E-state index in [0.29, 0.717) is 0 Å². The Morgan fingerprint density at radius 1 is 1.00 bits per heavy atom. The molecule has 1 N–H and O–H groups in total. The lowest BCUT2D eigenvalue weighted by Gasteiger charge is -2.07. The van der Waals surface area contributed by atoms with Crippen LogP contribution in [0.5, 0.6) is 5.75 Å². The third kappa shape index (κ3) is 2.44. The Bertz CT molecular complexity index is 1000. The molecule has 2 aromatic heterocycles. The second kappa shape index (κ2) is 5.43. The van der Waals surface area contributed by atoms with Crippen LogP contribution in [0.3, 0.4) is 0 Å². The molecule has 0 aliphatic carbocycles. The molecule has 2 aromatic carbocycles. The Hall–Kier alpha value is -2.81. The molecule has 0 saturated heterocycles. The Kier molecular flexibility index (Phi) is 3.27. The first kappa shape index (κ1) is 13.8. The number of hydrogen-bond acceptors (Lipinski definition) is 2. The summed E-state index contributed by atoms with van der Waals surface area (Å²) in [7, 11) is 1.70. The minimum absolute atomic E-state index is 0.853. The summed E-state index contributed by atoms with van der Waals surface area (Å²) in [5.41, 5.74) is 5.63. The van der Waals surface area contributed by atoms with Crippen LogP contribution >= 0.6 is 0 Å². The largest absolute Gasteiger partial charge is 0.497 e. The van der Waals surface area contributed by atoms with Crippen molar-refractivity contribution in [3.05, 3.63) is 71.4 Å². The number of para-hydroxylation sites is 1. The third-order valence-electron chi connectivity index (χ3n) is 4.32. The fourth-order valence-electron chi connectivity index (χ4n) is 3.08. The van der Waals surface area contributed by atoms with Crippen LogP contribution in [0.25, 0.3) is 21.9 Å². The number of nitrogens with zero attached hydrogens (tertiary/aromatic N) is 1. The Morgan fingerprint density at radius 3 is 2.74 bits per heavy atom. The van der Waals surface area contributed by atoms with Gasteiger partial charge in [0.2, 0.25) is 0 Å². The van der Waals surface area contributed by atoms with Crippen LogP contribution in [0.2, 0.25) is 0 Å². The van der Waals surface area contributed by atoms with Gasteiger partial charge in [-0.1, -0.05) is 30.3 Å². The van der Waals surface area contributed by atoms with Crippen LogP contribution in [-0.2, 0) is 6.42 Å². The van der Waals surface area contributed by atoms with Crippen LogP contribution in [0.15, 0.2) is 54.6 Å². The second-order valence-corrected chi connectivity index (χ2v) is 5.83. The summed E-state index contributed by atoms with van der Waals surface area (Å²) in [5, 5.41) is 2.41. The highest BCUT2D eigenvalue weighted by molar-refractivity contribution is 6.06. The fraction of sp³-hybridized carbons (Fsp3) is 0.150. The van der Waals surface area contributed by atoms with Crippen molar-refractivity contribution >= 4 is 21.9 Å². The van der Waals surface area contributed by atoms with Gasteiger partial charge in [0.1, 0.15) is 11.4 Å². The molecule has 0 amide bonds. The van der Waals surface area contributed by atoms with E-state index < -0.39 is 0 Å². The van der Waals surface area contributed by atoms with Gasteiger partial charge >= 0.3 is 0 Å². The lowest BCUT2D eigenvalue weighted by atomic mass is 10.0. The van der Waals surface area contributed by atoms with E-state index in [1.165, 1.54) is 21.9 Å². The van der Waals surface area contributed by atoms with E-state index in [1.807, 2.05) is 18.2 Å². The number of methoxy groups -OCH3 is 1. The monoisotopic (exact) mass is 302 g/mol. The standard InChI is InChI=1S/C20H18N2O/c1-13-15(10-14-6-5-7-16(11-14)23-2)12-18-17-8-3-4-9-19(17)22-20(18)21-13/h3-9,11-12H,10H2,1-2H3,(H,21,22). The zero-order chi connectivity index (χ0) is 15.8. The molecule has 0 atom stereocenters. The molecular weight excluding hydrogens is 284 g/mol. The van der Waals surface area contributed by atoms with E-state index in [1.54, 1.807) is 7.11 Å². The SMILES string of the molecule is COc1cccc(Cc2cc3c(nc2C)[nH]c2ccccc23)c1. The van der Waals surface area contributed by atoms with Gasteiger partial charge in [-0.25, -0.2) is 4.98 Å². The van der Waals surface area contributed by atoms with E-state index in [2.05, 4.69) is 48.3 Å². The lowest BCUT2D eigenvalue weighted by molar-refractivity contribution is 0.414. The number of aryl methyl sites for hydroxylation is 1. The number of benzene rings is 2. The zero-order valence-corrected chi connectivity index (χ0v) is 13.3. The van der Waals surface area contributed by atoms with Crippen molar-refractivity contribution < 1.29 is 4.74 Å². The Labute approximate surface area is 134 Å². The summed E-state index contributed by atoms with van der Waals surface area (Å²) >= 11 is 0. The van der Waals surface area contributed by atoms with Gasteiger partial charge in [0.15, 0.2) is 0 Å². The number of aromatic nitrogens is 2. The first-order chi connectivity index (χ1) is 11.2. The molecule has 2 heterocycles. The summed E-state index contributed by atoms with van der Waals surface area (Å²) in [6.07, 6.45) is 0.853. The molecular formula is C20H18N2O. The average molecular weight is 302 g/mol. The maximum Gasteiger partial charge on any atom is 0.138 e. The zero-order valence-electron chi connectivity index (χ0n) is 13.3. The highest BCUT2D eigenvalue weighted by atomic mass is 16.5. The summed E-state index contributed by atoms with van der Waals surface area (Å²) in [4.78, 5) is 8.16. The van der Waals surface area contributed by atoms with Crippen LogP contribution in [0.4, 0.5) is 0 Å². The fourth-order valence-corrected chi connectivity index (χ4v) is 3.08. The minimum atomic E-state index is 0.853. The number of pyridine rings is 1. The number of rotatable bonds is 3. The number of aromatic amines is 1. The van der Waals surface area contributed by atoms with Crippen molar-refractivity contribution in [3.8, 4) is 5.75 Å². The van der Waals surface area contributed by atoms with Gasteiger partial charge in [-0.15, -0.1) is 0 Å². The molecule has 3 nitrogen and oxygen atoms in total. The third-order valence-corrected chi connectivity index (χ3v) is 4.32. The van der Waals surface area contributed by atoms with Crippen LogP contribution in [0, 0.1) is 6.92 Å². The van der Waals surface area contributed by atoms with Gasteiger partial charge < -0.3 is 9.72 Å². The molecule has 3 heteroatoms. The van der Waals surface area contributed by atoms with Gasteiger partial charge in [-0.3, -0.25) is 0 Å². The maximum absolute atomic E-state index is 5.32. The van der Waals surface area contributed by atoms with Gasteiger partial charge in [-0.2, -0.15) is 0 Å². The highest BCUT2D eigenvalue weighted by Gasteiger charge is 2.09. The van der Waals surface area contributed by atoms with Gasteiger partial charge in [0.05, 0.1) is 7.11 Å². The van der Waals surface area contributed by atoms with Gasteiger partial charge in [-0.05, 0) is 48.7 Å². The van der Waals surface area contributed by atoms with E-state index in [0.717, 1.165) is 29.0 Å². The first-order valence-electron chi connectivity index (χ1n) is 7.74. The molecule has 4 aromatic rings. The van der Waals surface area contributed by atoms with Gasteiger partial charge in [0, 0.05) is 22.0 Å². The molecule has 0 bridgehead atoms. The molecule has 0 saturated carbocycles. The smallest absolute Gasteiger partial charge is 0.138 e. The van der Waals surface area contributed by atoms with E-state index >= 15 is 0 Å². The number of ether oxygens (including phenoxy) is 1. The predicted octanol–water partition coefficient (Wildman–Crippen LogP) is 4.62. The van der Waals surface area contributed by atoms with Crippen molar-refractivity contribution in [3.63, 3.8) is 0 Å². The number of nitrogens with one attached hydrogen (secondary N) is 1. The molecule has 0 aliphatic heterocycles. The molecule has 4 rings (SSSR count). The van der Waals surface area contributed by atoms with E-state index in [-0.39, 0.29) is 0 Å². The average Bonchev–Trinajstić information content (AvgIpc) is 2.93. The summed E-state index contributed by atoms with van der Waals surface area (Å²) in [5.74, 6) is 0.890. The Balaban J connectivity index is 1.82. The lowest BCUT2D eigenvalue weighted by Crippen LogP contribution is -1.96. The Morgan fingerprint density at radius 2 is 1.87 bits per heavy atom. The molecule has 0 fully saturated rings. The van der Waals surface area contributed by atoms with E-state index in [4.69, 9.17) is 9.72 Å². The van der Waals surface area contributed by atoms with Crippen LogP contribution < -0.4 is 4.74 Å². The minimum Gasteiger partial charge on any atom is -0.497 e. The van der Waals surface area contributed by atoms with E-state index in [9.17, 15) is 0 Å². The van der Waals surface area contributed by atoms with Crippen molar-refractivity contribution in [2.24, 2.45) is 0 Å². The predicted molar refractivity (Wildman–Crippen MR) is 94.1 cm³/mol. The second-order valence-electron chi connectivity index (χ2n) is 5.83. The topological polar surface area (TPSA) is 37.9 Å². The molecule has 23 heavy (non-hydrogen) atoms. The van der Waals surface area contributed by atoms with Crippen molar-refractivity contribution in [1.82, 2.24) is 9.97 Å². The first-order valence-corrected chi connectivity index (χ1v) is 7.74. The number of fused-ring (bicyclic) bond motifs is 3. The van der Waals surface area contributed by atoms with Crippen molar-refractivity contribution in [1.29, 1.82) is 0 Å². The highest BCUT2D eigenvalue weighted by Crippen LogP contribution is 2.27. The van der Waals surface area contributed by atoms with Crippen LogP contribution in [-0.4, -0.2) is 17.1 Å². The maximum atomic E-state index is 5.32. The number of H-pyrrole nitrogens is 1. The van der Waals surface area contributed by atoms with Gasteiger partial charge in [0.25, 0.3) is 0 Å². The summed E-state index contributed by atoms with van der Waals surface area (Å²) < 4.78 is 5.32. The molecule has 0 radical (unpaired) electrons. The molecule has 0 aliphatic rings. The molecule has 114 valence electrons.